The van der Waals surface area contributed by atoms with Crippen LogP contribution in [0.25, 0.3) is 5.57 Å². The van der Waals surface area contributed by atoms with Crippen LogP contribution in [0, 0.1) is 0 Å². The summed E-state index contributed by atoms with van der Waals surface area (Å²) in [6.07, 6.45) is 1.02. The number of ether oxygens (including phenoxy) is 1. The fourth-order valence-corrected chi connectivity index (χ4v) is 3.39. The third-order valence-electron chi connectivity index (χ3n) is 5.19. The number of hydrogen-bond acceptors (Lipinski definition) is 7. The van der Waals surface area contributed by atoms with Gasteiger partial charge >= 0.3 is 0 Å². The zero-order valence-electron chi connectivity index (χ0n) is 17.7. The number of hydrogen-bond donors (Lipinski definition) is 1. The molecular weight excluding hydrogens is 390 g/mol. The van der Waals surface area contributed by atoms with Crippen LogP contribution >= 0.6 is 0 Å². The SMILES string of the molecule is C=C(/C=C(\C(=C/C)c1nc(N2CCNCC2)nc(N2CCOCC2)n1)C(F)F)CC. The Labute approximate surface area is 176 Å². The second kappa shape index (κ2) is 10.6. The molecule has 0 saturated carbocycles. The van der Waals surface area contributed by atoms with E-state index in [9.17, 15) is 8.78 Å². The molecule has 1 N–H and O–H groups in total. The van der Waals surface area contributed by atoms with Crippen LogP contribution < -0.4 is 15.1 Å². The Morgan fingerprint density at radius 3 is 2.23 bits per heavy atom. The van der Waals surface area contributed by atoms with Crippen molar-refractivity contribution in [3.05, 3.63) is 35.7 Å². The zero-order chi connectivity index (χ0) is 21.5. The van der Waals surface area contributed by atoms with Crippen LogP contribution in [-0.4, -0.2) is 73.9 Å². The van der Waals surface area contributed by atoms with Crippen molar-refractivity contribution >= 4 is 17.5 Å². The molecule has 0 aromatic carbocycles. The van der Waals surface area contributed by atoms with E-state index in [0.29, 0.717) is 55.8 Å². The van der Waals surface area contributed by atoms with E-state index in [2.05, 4.69) is 31.7 Å². The number of allylic oxidation sites excluding steroid dienone is 5. The molecule has 0 bridgehead atoms. The molecule has 164 valence electrons. The highest BCUT2D eigenvalue weighted by Gasteiger charge is 2.25. The van der Waals surface area contributed by atoms with Crippen molar-refractivity contribution in [3.8, 4) is 0 Å². The topological polar surface area (TPSA) is 66.4 Å². The monoisotopic (exact) mass is 420 g/mol. The molecule has 0 radical (unpaired) electrons. The predicted octanol–water partition coefficient (Wildman–Crippen LogP) is 2.68. The Balaban J connectivity index is 2.06. The average Bonchev–Trinajstić information content (AvgIpc) is 2.79. The third kappa shape index (κ3) is 5.40. The van der Waals surface area contributed by atoms with Gasteiger partial charge in [-0.3, -0.25) is 0 Å². The first-order chi connectivity index (χ1) is 14.5. The first-order valence-corrected chi connectivity index (χ1v) is 10.4. The molecular formula is C21H30F2N6O. The van der Waals surface area contributed by atoms with Crippen molar-refractivity contribution in [2.24, 2.45) is 0 Å². The summed E-state index contributed by atoms with van der Waals surface area (Å²) in [5, 5.41) is 3.30. The summed E-state index contributed by atoms with van der Waals surface area (Å²) in [4.78, 5) is 18.0. The molecule has 1 aromatic heterocycles. The van der Waals surface area contributed by atoms with E-state index >= 15 is 0 Å². The average molecular weight is 421 g/mol. The van der Waals surface area contributed by atoms with Gasteiger partial charge in [-0.25, -0.2) is 8.78 Å². The van der Waals surface area contributed by atoms with E-state index in [-0.39, 0.29) is 11.4 Å². The molecule has 2 fully saturated rings. The molecule has 3 heterocycles. The van der Waals surface area contributed by atoms with Crippen LogP contribution in [0.2, 0.25) is 0 Å². The van der Waals surface area contributed by atoms with E-state index in [1.54, 1.807) is 13.0 Å². The Hall–Kier alpha value is -2.39. The summed E-state index contributed by atoms with van der Waals surface area (Å²) >= 11 is 0. The van der Waals surface area contributed by atoms with Gasteiger partial charge in [0.1, 0.15) is 0 Å². The molecule has 2 aliphatic rings. The summed E-state index contributed by atoms with van der Waals surface area (Å²) in [7, 11) is 0. The fourth-order valence-electron chi connectivity index (χ4n) is 3.39. The maximum atomic E-state index is 14.0. The molecule has 2 aliphatic heterocycles. The lowest BCUT2D eigenvalue weighted by Gasteiger charge is -2.30. The number of rotatable bonds is 7. The molecule has 0 unspecified atom stereocenters. The zero-order valence-corrected chi connectivity index (χ0v) is 17.7. The molecule has 3 rings (SSSR count). The number of morpholine rings is 1. The van der Waals surface area contributed by atoms with Crippen molar-refractivity contribution in [2.75, 3.05) is 62.3 Å². The van der Waals surface area contributed by atoms with Gasteiger partial charge in [-0.2, -0.15) is 15.0 Å². The van der Waals surface area contributed by atoms with Crippen LogP contribution in [0.4, 0.5) is 20.7 Å². The largest absolute Gasteiger partial charge is 0.378 e. The summed E-state index contributed by atoms with van der Waals surface area (Å²) in [6.45, 7) is 13.1. The van der Waals surface area contributed by atoms with Crippen LogP contribution in [-0.2, 0) is 4.74 Å². The Morgan fingerprint density at radius 1 is 1.10 bits per heavy atom. The van der Waals surface area contributed by atoms with Gasteiger partial charge in [0.25, 0.3) is 6.43 Å². The van der Waals surface area contributed by atoms with E-state index in [4.69, 9.17) is 4.74 Å². The first kappa shape index (κ1) is 22.3. The van der Waals surface area contributed by atoms with Gasteiger partial charge in [0, 0.05) is 50.4 Å². The highest BCUT2D eigenvalue weighted by molar-refractivity contribution is 5.77. The van der Waals surface area contributed by atoms with Crippen molar-refractivity contribution in [2.45, 2.75) is 26.7 Å². The molecule has 0 atom stereocenters. The van der Waals surface area contributed by atoms with Gasteiger partial charge in [0.2, 0.25) is 11.9 Å². The normalized spacial score (nSPS) is 18.8. The minimum absolute atomic E-state index is 0.116. The number of aromatic nitrogens is 3. The van der Waals surface area contributed by atoms with Crippen LogP contribution in [0.15, 0.2) is 29.9 Å². The summed E-state index contributed by atoms with van der Waals surface area (Å²) in [5.74, 6) is 1.28. The van der Waals surface area contributed by atoms with Gasteiger partial charge in [0.05, 0.1) is 13.2 Å². The molecule has 7 nitrogen and oxygen atoms in total. The lowest BCUT2D eigenvalue weighted by Crippen LogP contribution is -2.45. The molecule has 2 saturated heterocycles. The number of nitrogens with zero attached hydrogens (tertiary/aromatic N) is 5. The number of piperazine rings is 1. The number of alkyl halides is 2. The number of nitrogens with one attached hydrogen (secondary N) is 1. The summed E-state index contributed by atoms with van der Waals surface area (Å²) in [5.41, 5.74) is 0.831. The quantitative estimate of drug-likeness (QED) is 0.681. The highest BCUT2D eigenvalue weighted by Crippen LogP contribution is 2.29. The van der Waals surface area contributed by atoms with E-state index < -0.39 is 6.43 Å². The second-order valence-electron chi connectivity index (χ2n) is 7.21. The van der Waals surface area contributed by atoms with Crippen molar-refractivity contribution in [1.82, 2.24) is 20.3 Å². The van der Waals surface area contributed by atoms with Gasteiger partial charge in [-0.15, -0.1) is 0 Å². The van der Waals surface area contributed by atoms with Crippen molar-refractivity contribution in [3.63, 3.8) is 0 Å². The minimum Gasteiger partial charge on any atom is -0.378 e. The second-order valence-corrected chi connectivity index (χ2v) is 7.21. The summed E-state index contributed by atoms with van der Waals surface area (Å²) in [6, 6.07) is 0. The highest BCUT2D eigenvalue weighted by atomic mass is 19.3. The van der Waals surface area contributed by atoms with Gasteiger partial charge < -0.3 is 19.9 Å². The van der Waals surface area contributed by atoms with Crippen molar-refractivity contribution in [1.29, 1.82) is 0 Å². The first-order valence-electron chi connectivity index (χ1n) is 10.4. The smallest absolute Gasteiger partial charge is 0.264 e. The van der Waals surface area contributed by atoms with Gasteiger partial charge in [0.15, 0.2) is 5.82 Å². The van der Waals surface area contributed by atoms with E-state index in [1.165, 1.54) is 6.08 Å². The number of anilines is 2. The van der Waals surface area contributed by atoms with Crippen molar-refractivity contribution < 1.29 is 13.5 Å². The lowest BCUT2D eigenvalue weighted by atomic mass is 10.0. The third-order valence-corrected chi connectivity index (χ3v) is 5.19. The van der Waals surface area contributed by atoms with E-state index in [1.807, 2.05) is 11.8 Å². The standard InChI is InChI=1S/C21H30F2N6O/c1-4-15(3)14-17(18(22)23)16(5-2)19-25-20(28-8-6-24-7-9-28)27-21(26-19)29-10-12-30-13-11-29/h5,14,18,24H,3-4,6-13H2,1-2H3/b16-5+,17-14+. The maximum Gasteiger partial charge on any atom is 0.264 e. The fraction of sp³-hybridized carbons (Fsp3) is 0.571. The molecule has 0 spiro atoms. The predicted molar refractivity (Wildman–Crippen MR) is 115 cm³/mol. The molecule has 9 heteroatoms. The minimum atomic E-state index is -2.66. The maximum absolute atomic E-state index is 14.0. The summed E-state index contributed by atoms with van der Waals surface area (Å²) < 4.78 is 33.4. The van der Waals surface area contributed by atoms with Gasteiger partial charge in [-0.05, 0) is 13.3 Å². The van der Waals surface area contributed by atoms with Crippen LogP contribution in [0.1, 0.15) is 26.1 Å². The Bertz CT molecular complexity index is 762. The molecule has 30 heavy (non-hydrogen) atoms. The molecule has 0 aliphatic carbocycles. The van der Waals surface area contributed by atoms with Crippen LogP contribution in [0.3, 0.4) is 0 Å². The molecule has 1 aromatic rings. The Kier molecular flexibility index (Phi) is 7.87. The van der Waals surface area contributed by atoms with Gasteiger partial charge in [-0.1, -0.05) is 31.2 Å². The lowest BCUT2D eigenvalue weighted by molar-refractivity contribution is 0.122. The van der Waals surface area contributed by atoms with Crippen LogP contribution in [0.5, 0.6) is 0 Å². The Morgan fingerprint density at radius 2 is 1.70 bits per heavy atom. The molecule has 0 amide bonds. The number of halogens is 2. The van der Waals surface area contributed by atoms with E-state index in [0.717, 1.165) is 26.2 Å².